The van der Waals surface area contributed by atoms with E-state index < -0.39 is 46.2 Å². The van der Waals surface area contributed by atoms with Crippen LogP contribution in [0.5, 0.6) is 0 Å². The molecule has 3 N–H and O–H groups in total. The van der Waals surface area contributed by atoms with Gasteiger partial charge in [-0.1, -0.05) is 0 Å². The number of hydrogen-bond acceptors (Lipinski definition) is 8. The summed E-state index contributed by atoms with van der Waals surface area (Å²) in [4.78, 5) is 49.1. The normalized spacial score (nSPS) is 20.9. The number of carbonyl (C=O) groups excluding carboxylic acids is 4. The molecule has 0 spiro atoms. The van der Waals surface area contributed by atoms with Crippen molar-refractivity contribution in [3.05, 3.63) is 23.4 Å². The first kappa shape index (κ1) is 23.3. The molecule has 0 saturated carbocycles. The summed E-state index contributed by atoms with van der Waals surface area (Å²) in [5, 5.41) is 1.91. The third-order valence-corrected chi connectivity index (χ3v) is 4.49. The van der Waals surface area contributed by atoms with E-state index >= 15 is 0 Å². The molecule has 2 aliphatic heterocycles. The number of hydrogen-bond donors (Lipinski definition) is 2. The molecule has 13 heteroatoms. The molecule has 2 saturated heterocycles. The van der Waals surface area contributed by atoms with Gasteiger partial charge in [0.25, 0.3) is 11.8 Å². The van der Waals surface area contributed by atoms with Crippen LogP contribution in [0.3, 0.4) is 0 Å². The zero-order chi connectivity index (χ0) is 19.5. The number of primary amides is 1. The smallest absolute Gasteiger partial charge is 0.748 e. The van der Waals surface area contributed by atoms with Gasteiger partial charge in [0.2, 0.25) is 5.91 Å². The molecular weight excluding hydrogens is 391 g/mol. The summed E-state index contributed by atoms with van der Waals surface area (Å²) in [5.41, 5.74) is 5.47. The van der Waals surface area contributed by atoms with Gasteiger partial charge in [0.15, 0.2) is 0 Å². The predicted molar refractivity (Wildman–Crippen MR) is 86.0 cm³/mol. The van der Waals surface area contributed by atoms with E-state index in [0.29, 0.717) is 23.6 Å². The van der Waals surface area contributed by atoms with E-state index in [9.17, 15) is 32.1 Å². The van der Waals surface area contributed by atoms with Crippen molar-refractivity contribution in [2.75, 3.05) is 25.4 Å². The molecule has 2 fully saturated rings. The fourth-order valence-corrected chi connectivity index (χ4v) is 3.02. The summed E-state index contributed by atoms with van der Waals surface area (Å²) in [6.45, 7) is -0.0589. The molecule has 0 atom stereocenters. The van der Waals surface area contributed by atoms with Crippen molar-refractivity contribution in [2.45, 2.75) is 12.8 Å². The summed E-state index contributed by atoms with van der Waals surface area (Å²) >= 11 is 0. The number of nitrogens with one attached hydrogen (secondary N) is 1. The Morgan fingerprint density at radius 3 is 2.52 bits per heavy atom. The molecule has 142 valence electrons. The molecule has 0 unspecified atom stereocenters. The number of rotatable bonds is 6. The van der Waals surface area contributed by atoms with Crippen LogP contribution >= 0.6 is 0 Å². The number of likely N-dealkylation sites (tertiary alicyclic amines) is 1. The van der Waals surface area contributed by atoms with Gasteiger partial charge in [-0.3, -0.25) is 24.6 Å². The van der Waals surface area contributed by atoms with E-state index in [2.05, 4.69) is 0 Å². The Kier molecular flexibility index (Phi) is 8.17. The first-order valence-electron chi connectivity index (χ1n) is 7.63. The molecule has 0 aromatic carbocycles. The van der Waals surface area contributed by atoms with Gasteiger partial charge in [-0.2, -0.15) is 0 Å². The second kappa shape index (κ2) is 9.46. The van der Waals surface area contributed by atoms with Gasteiger partial charge >= 0.3 is 35.6 Å². The number of carbonyl (C=O) groups is 4. The molecule has 0 aliphatic carbocycles. The van der Waals surface area contributed by atoms with Crippen molar-refractivity contribution in [2.24, 2.45) is 5.73 Å². The van der Waals surface area contributed by atoms with Crippen LogP contribution in [-0.2, 0) is 24.5 Å². The van der Waals surface area contributed by atoms with Crippen molar-refractivity contribution in [3.8, 4) is 0 Å². The zero-order valence-corrected chi connectivity index (χ0v) is 17.5. The van der Waals surface area contributed by atoms with E-state index in [1.165, 1.54) is 12.2 Å². The van der Waals surface area contributed by atoms with E-state index in [-0.39, 0.29) is 41.7 Å². The van der Waals surface area contributed by atoms with E-state index in [0.717, 1.165) is 6.42 Å². The second-order valence-electron chi connectivity index (χ2n) is 5.71. The van der Waals surface area contributed by atoms with Crippen LogP contribution in [0.4, 0.5) is 4.79 Å². The fraction of sp³-hybridized carbons (Fsp3) is 0.429. The Morgan fingerprint density at radius 1 is 1.26 bits per heavy atom. The number of urea groups is 1. The quantitative estimate of drug-likeness (QED) is 0.190. The molecule has 0 bridgehead atoms. The maximum atomic E-state index is 12.3. The van der Waals surface area contributed by atoms with Crippen LogP contribution in [0.2, 0.25) is 0 Å². The number of amides is 5. The molecule has 27 heavy (non-hydrogen) atoms. The topological polar surface area (TPSA) is 170 Å². The fourth-order valence-electron chi connectivity index (χ4n) is 2.61. The van der Waals surface area contributed by atoms with Gasteiger partial charge in [0.05, 0.1) is 22.4 Å². The van der Waals surface area contributed by atoms with Crippen molar-refractivity contribution >= 4 is 33.9 Å². The molecule has 0 radical (unpaired) electrons. The number of imide groups is 2. The molecular formula is C14H17N4NaO7S. The van der Waals surface area contributed by atoms with Crippen molar-refractivity contribution in [1.29, 1.82) is 0 Å². The van der Waals surface area contributed by atoms with E-state index in [4.69, 9.17) is 5.73 Å². The minimum absolute atomic E-state index is 0. The summed E-state index contributed by atoms with van der Waals surface area (Å²) < 4.78 is 32.1. The van der Waals surface area contributed by atoms with Crippen LogP contribution in [-0.4, -0.2) is 71.9 Å². The van der Waals surface area contributed by atoms with E-state index in [1.807, 2.05) is 5.32 Å². The summed E-state index contributed by atoms with van der Waals surface area (Å²) in [7, 11) is -4.64. The zero-order valence-electron chi connectivity index (χ0n) is 14.6. The monoisotopic (exact) mass is 408 g/mol. The van der Waals surface area contributed by atoms with Gasteiger partial charge in [0, 0.05) is 18.8 Å². The first-order chi connectivity index (χ1) is 12.1. The Balaban J connectivity index is 0.00000364. The van der Waals surface area contributed by atoms with Crippen molar-refractivity contribution in [1.82, 2.24) is 15.1 Å². The molecule has 2 aliphatic rings. The van der Waals surface area contributed by atoms with Gasteiger partial charge in [-0.25, -0.2) is 13.2 Å². The third kappa shape index (κ3) is 6.43. The van der Waals surface area contributed by atoms with Crippen LogP contribution in [0.15, 0.2) is 23.4 Å². The summed E-state index contributed by atoms with van der Waals surface area (Å²) in [6, 6.07) is -1.09. The minimum atomic E-state index is -4.64. The Hall–Kier alpha value is -1.73. The molecule has 0 aromatic rings. The molecule has 11 nitrogen and oxygen atoms in total. The molecule has 5 amide bonds. The first-order valence-corrected chi connectivity index (χ1v) is 9.21. The van der Waals surface area contributed by atoms with Crippen molar-refractivity contribution < 1.29 is 61.7 Å². The Labute approximate surface area is 177 Å². The maximum absolute atomic E-state index is 12.3. The summed E-state index contributed by atoms with van der Waals surface area (Å²) in [5.74, 6) is -3.41. The van der Waals surface area contributed by atoms with Crippen molar-refractivity contribution in [3.63, 3.8) is 0 Å². The maximum Gasteiger partial charge on any atom is 1.00 e. The van der Waals surface area contributed by atoms with Gasteiger partial charge in [0.1, 0.15) is 5.57 Å². The average molecular weight is 408 g/mol. The van der Waals surface area contributed by atoms with Gasteiger partial charge in [-0.05, 0) is 25.0 Å². The van der Waals surface area contributed by atoms with E-state index in [1.54, 1.807) is 4.90 Å². The predicted octanol–water partition coefficient (Wildman–Crippen LogP) is -4.99. The molecule has 0 aromatic heterocycles. The largest absolute Gasteiger partial charge is 1.00 e. The minimum Gasteiger partial charge on any atom is -0.748 e. The van der Waals surface area contributed by atoms with Crippen LogP contribution in [0, 0.1) is 0 Å². The van der Waals surface area contributed by atoms with Crippen LogP contribution in [0.1, 0.15) is 12.8 Å². The molecule has 2 rings (SSSR count). The number of nitrogens with zero attached hydrogens (tertiary/aromatic N) is 2. The average Bonchev–Trinajstić information content (AvgIpc) is 2.91. The molecule has 2 heterocycles. The number of barbiturate groups is 1. The standard InChI is InChI=1S/C14H18N4O7S.Na/c15-11(19)8-17-5-1-2-9(17)3-4-10-12(20)16-14(22)18(13(10)21)6-7-26(23,24)25;/h3-4H,1-2,5-8H2,(H2,15,19)(H,16,20,22)(H,23,24,25);/q;+1/p-1. The Morgan fingerprint density at radius 2 is 1.93 bits per heavy atom. The summed E-state index contributed by atoms with van der Waals surface area (Å²) in [6.07, 6.45) is 4.05. The number of allylic oxidation sites excluding steroid dienone is 3. The van der Waals surface area contributed by atoms with Gasteiger partial charge in [-0.15, -0.1) is 0 Å². The Bertz CT molecular complexity index is 821. The van der Waals surface area contributed by atoms with Gasteiger partial charge < -0.3 is 15.2 Å². The SMILES string of the molecule is NC(=O)CN1CCCC1=CC=C1C(=O)NC(=O)N(CCS(=O)(=O)[O-])C1=O.[Na+]. The van der Waals surface area contributed by atoms with Crippen LogP contribution < -0.4 is 40.6 Å². The van der Waals surface area contributed by atoms with Crippen LogP contribution in [0.25, 0.3) is 0 Å². The number of nitrogens with two attached hydrogens (primary N) is 1. The second-order valence-corrected chi connectivity index (χ2v) is 7.23. The third-order valence-electron chi connectivity index (χ3n) is 3.81.